The molecule has 0 saturated carbocycles. The Morgan fingerprint density at radius 1 is 1.00 bits per heavy atom. The molecule has 0 aliphatic heterocycles. The number of hydrogen-bond acceptors (Lipinski definition) is 1. The average Bonchev–Trinajstić information content (AvgIpc) is 2.27. The number of benzene rings is 2. The van der Waals surface area contributed by atoms with Crippen LogP contribution in [0.5, 0.6) is 5.75 Å². The second kappa shape index (κ2) is 4.70. The summed E-state index contributed by atoms with van der Waals surface area (Å²) in [6, 6.07) is 11.0. The fraction of sp³-hybridized carbons (Fsp3) is 0.286. The molecule has 2 aromatic rings. The number of fused-ring (bicyclic) bond motifs is 1. The van der Waals surface area contributed by atoms with E-state index in [2.05, 4.69) is 4.74 Å². The van der Waals surface area contributed by atoms with Gasteiger partial charge in [-0.2, -0.15) is 8.78 Å². The molecule has 0 spiro atoms. The van der Waals surface area contributed by atoms with Crippen molar-refractivity contribution in [3.63, 3.8) is 0 Å². The number of alkyl halides is 2. The van der Waals surface area contributed by atoms with E-state index in [0.29, 0.717) is 0 Å². The minimum Gasteiger partial charge on any atom is -0.434 e. The summed E-state index contributed by atoms with van der Waals surface area (Å²) in [4.78, 5) is 0. The third-order valence-corrected chi connectivity index (χ3v) is 2.74. The highest BCUT2D eigenvalue weighted by Crippen LogP contribution is 2.33. The quantitative estimate of drug-likeness (QED) is 0.758. The van der Waals surface area contributed by atoms with Crippen LogP contribution in [0.25, 0.3) is 10.8 Å². The highest BCUT2D eigenvalue weighted by molar-refractivity contribution is 5.91. The molecule has 0 atom stereocenters. The molecule has 0 aromatic heterocycles. The molecule has 0 fully saturated rings. The molecule has 0 heterocycles. The van der Waals surface area contributed by atoms with E-state index in [1.165, 1.54) is 0 Å². The van der Waals surface area contributed by atoms with Gasteiger partial charge in [0.1, 0.15) is 5.75 Å². The first-order chi connectivity index (χ1) is 8.09. The van der Waals surface area contributed by atoms with Gasteiger partial charge in [-0.1, -0.05) is 44.2 Å². The molecule has 17 heavy (non-hydrogen) atoms. The molecule has 0 radical (unpaired) electrons. The Morgan fingerprint density at radius 3 is 2.24 bits per heavy atom. The second-order valence-electron chi connectivity index (χ2n) is 4.23. The lowest BCUT2D eigenvalue weighted by Gasteiger charge is -2.14. The van der Waals surface area contributed by atoms with Crippen molar-refractivity contribution < 1.29 is 13.5 Å². The summed E-state index contributed by atoms with van der Waals surface area (Å²) >= 11 is 0. The van der Waals surface area contributed by atoms with Crippen LogP contribution in [0.2, 0.25) is 0 Å². The predicted molar refractivity (Wildman–Crippen MR) is 64.7 cm³/mol. The molecule has 0 aliphatic rings. The lowest BCUT2D eigenvalue weighted by Crippen LogP contribution is -2.03. The predicted octanol–water partition coefficient (Wildman–Crippen LogP) is 4.56. The van der Waals surface area contributed by atoms with Crippen LogP contribution in [0.3, 0.4) is 0 Å². The molecule has 2 rings (SSSR count). The van der Waals surface area contributed by atoms with Crippen molar-refractivity contribution in [2.45, 2.75) is 26.4 Å². The summed E-state index contributed by atoms with van der Waals surface area (Å²) in [5, 5.41) is 1.71. The number of hydrogen-bond donors (Lipinski definition) is 0. The summed E-state index contributed by atoms with van der Waals surface area (Å²) in [7, 11) is 0. The highest BCUT2D eigenvalue weighted by Gasteiger charge is 2.12. The van der Waals surface area contributed by atoms with Crippen molar-refractivity contribution in [1.82, 2.24) is 0 Å². The van der Waals surface area contributed by atoms with Crippen LogP contribution in [0.1, 0.15) is 25.3 Å². The second-order valence-corrected chi connectivity index (χ2v) is 4.23. The van der Waals surface area contributed by atoms with E-state index in [1.54, 1.807) is 12.1 Å². The Hall–Kier alpha value is -1.64. The van der Waals surface area contributed by atoms with Gasteiger partial charge in [-0.15, -0.1) is 0 Å². The molecular formula is C14H14F2O. The van der Waals surface area contributed by atoms with E-state index in [1.807, 2.05) is 38.1 Å². The largest absolute Gasteiger partial charge is 0.434 e. The van der Waals surface area contributed by atoms with Crippen LogP contribution in [0, 0.1) is 0 Å². The Kier molecular flexibility index (Phi) is 3.27. The van der Waals surface area contributed by atoms with Crippen molar-refractivity contribution in [2.75, 3.05) is 0 Å². The molecule has 0 saturated heterocycles. The Labute approximate surface area is 99.0 Å². The molecule has 0 unspecified atom stereocenters. The lowest BCUT2D eigenvalue weighted by atomic mass is 9.95. The van der Waals surface area contributed by atoms with Gasteiger partial charge in [0.15, 0.2) is 0 Å². The van der Waals surface area contributed by atoms with Crippen molar-refractivity contribution in [3.8, 4) is 5.75 Å². The maximum absolute atomic E-state index is 12.4. The van der Waals surface area contributed by atoms with E-state index in [0.717, 1.165) is 16.3 Å². The van der Waals surface area contributed by atoms with Crippen LogP contribution in [-0.2, 0) is 0 Å². The van der Waals surface area contributed by atoms with Gasteiger partial charge in [0.2, 0.25) is 0 Å². The van der Waals surface area contributed by atoms with Gasteiger partial charge in [-0.3, -0.25) is 0 Å². The SMILES string of the molecule is CC(C)c1cccc2cccc(OC(F)F)c12. The summed E-state index contributed by atoms with van der Waals surface area (Å²) < 4.78 is 29.3. The molecule has 90 valence electrons. The minimum absolute atomic E-state index is 0.252. The summed E-state index contributed by atoms with van der Waals surface area (Å²) in [6.07, 6.45) is 0. The molecule has 2 aromatic carbocycles. The van der Waals surface area contributed by atoms with E-state index < -0.39 is 6.61 Å². The topological polar surface area (TPSA) is 9.23 Å². The summed E-state index contributed by atoms with van der Waals surface area (Å²) in [5.41, 5.74) is 1.03. The zero-order chi connectivity index (χ0) is 12.4. The fourth-order valence-corrected chi connectivity index (χ4v) is 2.01. The van der Waals surface area contributed by atoms with Gasteiger partial charge in [-0.25, -0.2) is 0 Å². The van der Waals surface area contributed by atoms with Crippen molar-refractivity contribution in [1.29, 1.82) is 0 Å². The molecule has 3 heteroatoms. The maximum atomic E-state index is 12.4. The Morgan fingerprint density at radius 2 is 1.65 bits per heavy atom. The lowest BCUT2D eigenvalue weighted by molar-refractivity contribution is -0.0488. The van der Waals surface area contributed by atoms with Gasteiger partial charge >= 0.3 is 6.61 Å². The van der Waals surface area contributed by atoms with Crippen LogP contribution in [-0.4, -0.2) is 6.61 Å². The first-order valence-electron chi connectivity index (χ1n) is 5.56. The van der Waals surface area contributed by atoms with Gasteiger partial charge in [-0.05, 0) is 22.9 Å². The van der Waals surface area contributed by atoms with Crippen molar-refractivity contribution in [3.05, 3.63) is 42.0 Å². The molecule has 0 amide bonds. The van der Waals surface area contributed by atoms with Gasteiger partial charge in [0.05, 0.1) is 0 Å². The Bertz CT molecular complexity index is 515. The normalized spacial score (nSPS) is 11.4. The van der Waals surface area contributed by atoms with E-state index in [4.69, 9.17) is 0 Å². The molecule has 0 aliphatic carbocycles. The highest BCUT2D eigenvalue weighted by atomic mass is 19.3. The average molecular weight is 236 g/mol. The Balaban J connectivity index is 2.67. The number of ether oxygens (including phenoxy) is 1. The number of rotatable bonds is 3. The third-order valence-electron chi connectivity index (χ3n) is 2.74. The molecule has 0 N–H and O–H groups in total. The fourth-order valence-electron chi connectivity index (χ4n) is 2.01. The van der Waals surface area contributed by atoms with Gasteiger partial charge in [0.25, 0.3) is 0 Å². The van der Waals surface area contributed by atoms with Gasteiger partial charge in [0, 0.05) is 5.39 Å². The van der Waals surface area contributed by atoms with Crippen LogP contribution in [0.15, 0.2) is 36.4 Å². The zero-order valence-electron chi connectivity index (χ0n) is 9.78. The van der Waals surface area contributed by atoms with E-state index in [-0.39, 0.29) is 11.7 Å². The summed E-state index contributed by atoms with van der Waals surface area (Å²) in [5.74, 6) is 0.517. The standard InChI is InChI=1S/C14H14F2O/c1-9(2)11-7-3-5-10-6-4-8-12(13(10)11)17-14(15)16/h3-9,14H,1-2H3. The third kappa shape index (κ3) is 2.38. The zero-order valence-corrected chi connectivity index (χ0v) is 9.78. The van der Waals surface area contributed by atoms with Crippen LogP contribution < -0.4 is 4.74 Å². The van der Waals surface area contributed by atoms with Crippen LogP contribution >= 0.6 is 0 Å². The molecule has 1 nitrogen and oxygen atoms in total. The van der Waals surface area contributed by atoms with E-state index >= 15 is 0 Å². The first kappa shape index (κ1) is 11.8. The molecule has 0 bridgehead atoms. The smallest absolute Gasteiger partial charge is 0.387 e. The van der Waals surface area contributed by atoms with E-state index in [9.17, 15) is 8.78 Å². The number of halogens is 2. The minimum atomic E-state index is -2.79. The summed E-state index contributed by atoms with van der Waals surface area (Å²) in [6.45, 7) is 1.28. The van der Waals surface area contributed by atoms with Crippen molar-refractivity contribution in [2.24, 2.45) is 0 Å². The first-order valence-corrected chi connectivity index (χ1v) is 5.56. The maximum Gasteiger partial charge on any atom is 0.387 e. The van der Waals surface area contributed by atoms with Gasteiger partial charge < -0.3 is 4.74 Å². The van der Waals surface area contributed by atoms with Crippen LogP contribution in [0.4, 0.5) is 8.78 Å². The van der Waals surface area contributed by atoms with Crippen molar-refractivity contribution >= 4 is 10.8 Å². The monoisotopic (exact) mass is 236 g/mol. The molecular weight excluding hydrogens is 222 g/mol.